The van der Waals surface area contributed by atoms with E-state index in [1.165, 1.54) is 21.4 Å². The fourth-order valence-electron chi connectivity index (χ4n) is 2.38. The highest BCUT2D eigenvalue weighted by Crippen LogP contribution is 2.20. The van der Waals surface area contributed by atoms with Crippen LogP contribution in [0.3, 0.4) is 0 Å². The van der Waals surface area contributed by atoms with Crippen molar-refractivity contribution >= 4 is 34.2 Å². The first-order valence-electron chi connectivity index (χ1n) is 12.2. The van der Waals surface area contributed by atoms with Gasteiger partial charge in [-0.3, -0.25) is 0 Å². The van der Waals surface area contributed by atoms with Crippen LogP contribution in [0.1, 0.15) is 136 Å². The summed E-state index contributed by atoms with van der Waals surface area (Å²) in [6, 6.07) is 0. The van der Waals surface area contributed by atoms with Crippen molar-refractivity contribution in [2.45, 2.75) is 122 Å². The van der Waals surface area contributed by atoms with Gasteiger partial charge in [-0.1, -0.05) is 70.2 Å². The van der Waals surface area contributed by atoms with Crippen LogP contribution in [0.4, 0.5) is 0 Å². The summed E-state index contributed by atoms with van der Waals surface area (Å²) >= 11 is 4.95. The van der Waals surface area contributed by atoms with E-state index in [0.29, 0.717) is 23.7 Å². The van der Waals surface area contributed by atoms with Crippen LogP contribution in [0.25, 0.3) is 0 Å². The molecule has 4 aromatic heterocycles. The SMILES string of the molecule is C.C.Cc1ncc(C(C)C)o1.Cc1ncc(C(C)C)s1.Cc1nnc(C(C)C)s1.Cc1nsc(C(C)C)n1. The number of aryl methyl sites for hydroxylation is 4. The Kier molecular flexibility index (Phi) is 19.1. The van der Waals surface area contributed by atoms with E-state index in [1.807, 2.05) is 33.9 Å². The molecule has 0 saturated heterocycles. The van der Waals surface area contributed by atoms with Gasteiger partial charge in [-0.2, -0.15) is 4.37 Å². The van der Waals surface area contributed by atoms with Gasteiger partial charge in [0.2, 0.25) is 0 Å². The highest BCUT2D eigenvalue weighted by atomic mass is 32.1. The van der Waals surface area contributed by atoms with E-state index in [-0.39, 0.29) is 14.9 Å². The summed E-state index contributed by atoms with van der Waals surface area (Å²) in [7, 11) is 0. The first-order chi connectivity index (χ1) is 16.8. The van der Waals surface area contributed by atoms with E-state index in [2.05, 4.69) is 84.9 Å². The summed E-state index contributed by atoms with van der Waals surface area (Å²) < 4.78 is 9.30. The van der Waals surface area contributed by atoms with E-state index < -0.39 is 0 Å². The molecule has 0 atom stereocenters. The third-order valence-electron chi connectivity index (χ3n) is 4.49. The number of rotatable bonds is 4. The highest BCUT2D eigenvalue weighted by Gasteiger charge is 2.04. The van der Waals surface area contributed by atoms with Crippen molar-refractivity contribution in [2.24, 2.45) is 0 Å². The number of aromatic nitrogens is 6. The van der Waals surface area contributed by atoms with Crippen molar-refractivity contribution in [1.29, 1.82) is 0 Å². The third-order valence-corrected chi connectivity index (χ3v) is 7.95. The minimum atomic E-state index is 0. The molecule has 0 radical (unpaired) electrons. The minimum Gasteiger partial charge on any atom is -0.446 e. The van der Waals surface area contributed by atoms with Crippen LogP contribution in [-0.4, -0.2) is 29.5 Å². The number of hydrogen-bond donors (Lipinski definition) is 0. The van der Waals surface area contributed by atoms with Crippen LogP contribution in [0, 0.1) is 27.7 Å². The summed E-state index contributed by atoms with van der Waals surface area (Å²) in [6.45, 7) is 24.8. The summed E-state index contributed by atoms with van der Waals surface area (Å²) in [5, 5.41) is 12.4. The minimum absolute atomic E-state index is 0. The Balaban J connectivity index is 0. The molecule has 0 bridgehead atoms. The molecule has 0 spiro atoms. The van der Waals surface area contributed by atoms with E-state index in [9.17, 15) is 0 Å². The first kappa shape index (κ1) is 38.1. The Labute approximate surface area is 243 Å². The topological polar surface area (TPSA) is 90.5 Å². The molecular weight excluding hydrogens is 533 g/mol. The van der Waals surface area contributed by atoms with Gasteiger partial charge in [0.05, 0.1) is 11.2 Å². The lowest BCUT2D eigenvalue weighted by molar-refractivity contribution is 0.456. The van der Waals surface area contributed by atoms with Crippen LogP contribution >= 0.6 is 34.2 Å². The summed E-state index contributed by atoms with van der Waals surface area (Å²) in [6.07, 6.45) is 3.74. The molecule has 0 amide bonds. The molecule has 0 unspecified atom stereocenters. The highest BCUT2D eigenvalue weighted by molar-refractivity contribution is 7.11. The van der Waals surface area contributed by atoms with Gasteiger partial charge in [0.1, 0.15) is 26.6 Å². The van der Waals surface area contributed by atoms with Crippen molar-refractivity contribution < 1.29 is 4.42 Å². The lowest BCUT2D eigenvalue weighted by Gasteiger charge is -1.94. The molecule has 10 heteroatoms. The molecule has 7 nitrogen and oxygen atoms in total. The lowest BCUT2D eigenvalue weighted by Crippen LogP contribution is -1.84. The van der Waals surface area contributed by atoms with Crippen LogP contribution in [-0.2, 0) is 0 Å². The van der Waals surface area contributed by atoms with E-state index in [0.717, 1.165) is 32.5 Å². The largest absolute Gasteiger partial charge is 0.446 e. The Morgan fingerprint density at radius 1 is 0.658 bits per heavy atom. The summed E-state index contributed by atoms with van der Waals surface area (Å²) in [5.41, 5.74) is 0. The van der Waals surface area contributed by atoms with Crippen molar-refractivity contribution in [3.05, 3.63) is 54.8 Å². The average molecular weight is 583 g/mol. The fraction of sp³-hybridized carbons (Fsp3) is 0.643. The molecule has 0 saturated carbocycles. The van der Waals surface area contributed by atoms with E-state index in [4.69, 9.17) is 4.42 Å². The summed E-state index contributed by atoms with van der Waals surface area (Å²) in [4.78, 5) is 13.7. The van der Waals surface area contributed by atoms with Crippen LogP contribution in [0.15, 0.2) is 16.8 Å². The average Bonchev–Trinajstić information content (AvgIpc) is 3.58. The van der Waals surface area contributed by atoms with Gasteiger partial charge < -0.3 is 4.42 Å². The van der Waals surface area contributed by atoms with Crippen LogP contribution < -0.4 is 0 Å². The number of oxazole rings is 1. The van der Waals surface area contributed by atoms with Gasteiger partial charge in [-0.05, 0) is 38.2 Å². The second-order valence-electron chi connectivity index (χ2n) is 9.52. The van der Waals surface area contributed by atoms with Gasteiger partial charge in [0, 0.05) is 35.8 Å². The quantitative estimate of drug-likeness (QED) is 0.236. The predicted octanol–water partition coefficient (Wildman–Crippen LogP) is 9.89. The zero-order valence-electron chi connectivity index (χ0n) is 23.8. The van der Waals surface area contributed by atoms with E-state index >= 15 is 0 Å². The molecule has 0 N–H and O–H groups in total. The summed E-state index contributed by atoms with van der Waals surface area (Å²) in [5.74, 6) is 4.74. The molecular formula is C28H50N6OS3. The zero-order chi connectivity index (χ0) is 27.4. The Morgan fingerprint density at radius 2 is 1.26 bits per heavy atom. The molecule has 0 aromatic carbocycles. The van der Waals surface area contributed by atoms with Gasteiger partial charge in [0.25, 0.3) is 0 Å². The number of hydrogen-bond acceptors (Lipinski definition) is 10. The Morgan fingerprint density at radius 3 is 1.47 bits per heavy atom. The number of nitrogens with zero attached hydrogens (tertiary/aromatic N) is 6. The second-order valence-corrected chi connectivity index (χ2v) is 12.8. The van der Waals surface area contributed by atoms with Crippen molar-refractivity contribution in [3.63, 3.8) is 0 Å². The standard InChI is InChI=1S/C7H11NO.C7H11NS.2C6H10N2S.2CH4/c2*1-5(2)7-4-8-6(3)9-7;1-4(2)6-8-7-5(3)9-6;1-4(2)6-7-5(3)8-9-6;;/h2*4-5H,1-3H3;2*4H,1-3H3;2*1H4. The van der Waals surface area contributed by atoms with Crippen molar-refractivity contribution in [2.75, 3.05) is 0 Å². The maximum absolute atomic E-state index is 5.23. The van der Waals surface area contributed by atoms with Gasteiger partial charge in [0.15, 0.2) is 5.89 Å². The predicted molar refractivity (Wildman–Crippen MR) is 167 cm³/mol. The Hall–Kier alpha value is -2.04. The lowest BCUT2D eigenvalue weighted by atomic mass is 10.2. The molecule has 0 aliphatic heterocycles. The maximum atomic E-state index is 5.23. The van der Waals surface area contributed by atoms with Crippen LogP contribution in [0.5, 0.6) is 0 Å². The van der Waals surface area contributed by atoms with Crippen molar-refractivity contribution in [1.82, 2.24) is 29.5 Å². The molecule has 4 aromatic rings. The first-order valence-corrected chi connectivity index (χ1v) is 14.7. The van der Waals surface area contributed by atoms with Gasteiger partial charge in [-0.25, -0.2) is 15.0 Å². The molecule has 0 aliphatic carbocycles. The molecule has 0 aliphatic rings. The Bertz CT molecular complexity index is 948. The molecule has 38 heavy (non-hydrogen) atoms. The monoisotopic (exact) mass is 582 g/mol. The normalized spacial score (nSPS) is 10.1. The molecule has 4 rings (SSSR count). The van der Waals surface area contributed by atoms with Crippen molar-refractivity contribution in [3.8, 4) is 0 Å². The zero-order valence-corrected chi connectivity index (χ0v) is 26.2. The van der Waals surface area contributed by atoms with Gasteiger partial charge in [-0.15, -0.1) is 32.9 Å². The van der Waals surface area contributed by atoms with E-state index in [1.54, 1.807) is 28.9 Å². The maximum Gasteiger partial charge on any atom is 0.191 e. The molecule has 0 fully saturated rings. The fourth-order valence-corrected chi connectivity index (χ4v) is 4.52. The molecule has 216 valence electrons. The molecule has 4 heterocycles. The van der Waals surface area contributed by atoms with Crippen LogP contribution in [0.2, 0.25) is 0 Å². The van der Waals surface area contributed by atoms with Gasteiger partial charge >= 0.3 is 0 Å². The third kappa shape index (κ3) is 14.8. The smallest absolute Gasteiger partial charge is 0.191 e. The number of thiazole rings is 1. The second kappa shape index (κ2) is 19.1.